The minimum Gasteiger partial charge on any atom is -0.406 e. The molecule has 30 heavy (non-hydrogen) atoms. The molecule has 0 saturated heterocycles. The van der Waals surface area contributed by atoms with Gasteiger partial charge >= 0.3 is 6.36 Å². The second kappa shape index (κ2) is 7.78. The van der Waals surface area contributed by atoms with Gasteiger partial charge in [0.25, 0.3) is 0 Å². The summed E-state index contributed by atoms with van der Waals surface area (Å²) in [6, 6.07) is 16.2. The first kappa shape index (κ1) is 19.9. The van der Waals surface area contributed by atoms with Crippen LogP contribution in [0.15, 0.2) is 71.7 Å². The number of benzene rings is 3. The van der Waals surface area contributed by atoms with Crippen LogP contribution in [0.3, 0.4) is 0 Å². The number of rotatable bonds is 4. The molecule has 154 valence electrons. The fraction of sp³-hybridized carbons (Fsp3) is 0.136. The third-order valence-corrected chi connectivity index (χ3v) is 4.66. The SMILES string of the molecule is Fc1cccc(F)c1C1=NC(c2ccc(-c3ccc(OC(F)(F)F)cc3)cc2)CN1. The van der Waals surface area contributed by atoms with Gasteiger partial charge in [0.2, 0.25) is 0 Å². The van der Waals surface area contributed by atoms with Gasteiger partial charge in [-0.05, 0) is 41.0 Å². The van der Waals surface area contributed by atoms with Crippen molar-refractivity contribution in [2.75, 3.05) is 6.54 Å². The van der Waals surface area contributed by atoms with Crippen molar-refractivity contribution in [1.82, 2.24) is 5.32 Å². The quantitative estimate of drug-likeness (QED) is 0.558. The van der Waals surface area contributed by atoms with Crippen molar-refractivity contribution in [2.24, 2.45) is 4.99 Å². The molecule has 1 N–H and O–H groups in total. The van der Waals surface area contributed by atoms with Gasteiger partial charge in [0.05, 0.1) is 11.6 Å². The van der Waals surface area contributed by atoms with Gasteiger partial charge in [0.15, 0.2) is 0 Å². The molecule has 1 atom stereocenters. The minimum absolute atomic E-state index is 0.167. The molecule has 0 radical (unpaired) electrons. The summed E-state index contributed by atoms with van der Waals surface area (Å²) in [7, 11) is 0. The highest BCUT2D eigenvalue weighted by atomic mass is 19.4. The van der Waals surface area contributed by atoms with Gasteiger partial charge in [0.1, 0.15) is 23.2 Å². The lowest BCUT2D eigenvalue weighted by Crippen LogP contribution is -2.22. The van der Waals surface area contributed by atoms with E-state index in [0.717, 1.165) is 16.7 Å². The Morgan fingerprint density at radius 1 is 0.833 bits per heavy atom. The summed E-state index contributed by atoms with van der Waals surface area (Å²) >= 11 is 0. The maximum Gasteiger partial charge on any atom is 0.573 e. The van der Waals surface area contributed by atoms with E-state index in [1.165, 1.54) is 42.5 Å². The Balaban J connectivity index is 1.51. The third-order valence-electron chi connectivity index (χ3n) is 4.66. The molecule has 0 fully saturated rings. The fourth-order valence-corrected chi connectivity index (χ4v) is 3.26. The topological polar surface area (TPSA) is 33.6 Å². The van der Waals surface area contributed by atoms with E-state index in [9.17, 15) is 22.0 Å². The van der Waals surface area contributed by atoms with Crippen LogP contribution in [0.5, 0.6) is 5.75 Å². The van der Waals surface area contributed by atoms with Crippen molar-refractivity contribution >= 4 is 5.84 Å². The zero-order valence-electron chi connectivity index (χ0n) is 15.4. The Bertz CT molecular complexity index is 1060. The van der Waals surface area contributed by atoms with Crippen molar-refractivity contribution in [2.45, 2.75) is 12.4 Å². The second-order valence-electron chi connectivity index (χ2n) is 6.67. The van der Waals surface area contributed by atoms with Gasteiger partial charge < -0.3 is 10.1 Å². The first-order chi connectivity index (χ1) is 14.3. The molecule has 1 aliphatic heterocycles. The highest BCUT2D eigenvalue weighted by molar-refractivity contribution is 6.00. The van der Waals surface area contributed by atoms with E-state index in [-0.39, 0.29) is 23.2 Å². The maximum atomic E-state index is 14.0. The van der Waals surface area contributed by atoms with E-state index in [1.807, 2.05) is 24.3 Å². The molecule has 4 rings (SSSR count). The van der Waals surface area contributed by atoms with Gasteiger partial charge in [-0.25, -0.2) is 8.78 Å². The summed E-state index contributed by atoms with van der Waals surface area (Å²) < 4.78 is 68.6. The van der Waals surface area contributed by atoms with Crippen LogP contribution in [0.2, 0.25) is 0 Å². The lowest BCUT2D eigenvalue weighted by Gasteiger charge is -2.10. The molecule has 0 saturated carbocycles. The second-order valence-corrected chi connectivity index (χ2v) is 6.67. The summed E-state index contributed by atoms with van der Waals surface area (Å²) in [6.45, 7) is 0.395. The van der Waals surface area contributed by atoms with Crippen LogP contribution in [-0.4, -0.2) is 18.7 Å². The van der Waals surface area contributed by atoms with Gasteiger partial charge in [-0.3, -0.25) is 4.99 Å². The molecule has 0 amide bonds. The lowest BCUT2D eigenvalue weighted by molar-refractivity contribution is -0.274. The van der Waals surface area contributed by atoms with E-state index in [4.69, 9.17) is 0 Å². The van der Waals surface area contributed by atoms with Crippen molar-refractivity contribution in [1.29, 1.82) is 0 Å². The average Bonchev–Trinajstić information content (AvgIpc) is 3.17. The zero-order chi connectivity index (χ0) is 21.3. The summed E-state index contributed by atoms with van der Waals surface area (Å²) in [6.07, 6.45) is -4.73. The predicted octanol–water partition coefficient (Wildman–Crippen LogP) is 5.62. The maximum absolute atomic E-state index is 14.0. The number of hydrogen-bond donors (Lipinski definition) is 1. The Hall–Kier alpha value is -3.42. The van der Waals surface area contributed by atoms with Crippen LogP contribution in [0, 0.1) is 11.6 Å². The normalized spacial score (nSPS) is 16.2. The Kier molecular flexibility index (Phi) is 5.15. The molecule has 3 aromatic rings. The number of amidine groups is 1. The third kappa shape index (κ3) is 4.27. The lowest BCUT2D eigenvalue weighted by atomic mass is 10.0. The summed E-state index contributed by atoms with van der Waals surface area (Å²) in [5.74, 6) is -1.49. The van der Waals surface area contributed by atoms with Gasteiger partial charge in [-0.1, -0.05) is 42.5 Å². The molecule has 0 spiro atoms. The Morgan fingerprint density at radius 3 is 1.97 bits per heavy atom. The minimum atomic E-state index is -4.73. The number of aliphatic imine (C=N–C) groups is 1. The van der Waals surface area contributed by atoms with Crippen molar-refractivity contribution in [3.05, 3.63) is 89.5 Å². The smallest absolute Gasteiger partial charge is 0.406 e. The molecular weight excluding hydrogens is 403 g/mol. The molecule has 1 heterocycles. The van der Waals surface area contributed by atoms with Gasteiger partial charge in [-0.2, -0.15) is 0 Å². The Morgan fingerprint density at radius 2 is 1.40 bits per heavy atom. The van der Waals surface area contributed by atoms with Crippen LogP contribution in [0.4, 0.5) is 22.0 Å². The van der Waals surface area contributed by atoms with Crippen LogP contribution >= 0.6 is 0 Å². The molecule has 1 unspecified atom stereocenters. The van der Waals surface area contributed by atoms with E-state index in [2.05, 4.69) is 15.0 Å². The largest absolute Gasteiger partial charge is 0.573 e. The molecule has 0 bridgehead atoms. The van der Waals surface area contributed by atoms with Crippen molar-refractivity contribution in [3.63, 3.8) is 0 Å². The number of nitrogens with zero attached hydrogens (tertiary/aromatic N) is 1. The molecule has 1 aliphatic rings. The molecule has 3 aromatic carbocycles. The first-order valence-corrected chi connectivity index (χ1v) is 9.02. The monoisotopic (exact) mass is 418 g/mol. The Labute approximate surface area is 168 Å². The van der Waals surface area contributed by atoms with Gasteiger partial charge in [0, 0.05) is 6.54 Å². The summed E-state index contributed by atoms with van der Waals surface area (Å²) in [4.78, 5) is 4.40. The van der Waals surface area contributed by atoms with Crippen LogP contribution in [0.25, 0.3) is 11.1 Å². The number of nitrogens with one attached hydrogen (secondary N) is 1. The zero-order valence-corrected chi connectivity index (χ0v) is 15.4. The molecular formula is C22H15F5N2O. The number of ether oxygens (including phenoxy) is 1. The van der Waals surface area contributed by atoms with Crippen LogP contribution < -0.4 is 10.1 Å². The molecule has 8 heteroatoms. The molecule has 0 aromatic heterocycles. The first-order valence-electron chi connectivity index (χ1n) is 9.02. The molecule has 3 nitrogen and oxygen atoms in total. The van der Waals surface area contributed by atoms with Crippen LogP contribution in [0.1, 0.15) is 17.2 Å². The molecule has 0 aliphatic carbocycles. The fourth-order valence-electron chi connectivity index (χ4n) is 3.26. The van der Waals surface area contributed by atoms with E-state index < -0.39 is 18.0 Å². The van der Waals surface area contributed by atoms with E-state index >= 15 is 0 Å². The van der Waals surface area contributed by atoms with Crippen molar-refractivity contribution < 1.29 is 26.7 Å². The number of halogens is 5. The number of alkyl halides is 3. The van der Waals surface area contributed by atoms with E-state index in [1.54, 1.807) is 0 Å². The standard InChI is InChI=1S/C22H15F5N2O/c23-17-2-1-3-18(24)20(17)21-28-12-19(29-21)15-6-4-13(5-7-15)14-8-10-16(11-9-14)30-22(25,26)27/h1-11,19H,12H2,(H,28,29). The van der Waals surface area contributed by atoms with Crippen LogP contribution in [-0.2, 0) is 0 Å². The summed E-state index contributed by atoms with van der Waals surface area (Å²) in [5, 5.41) is 2.94. The highest BCUT2D eigenvalue weighted by Gasteiger charge is 2.31. The average molecular weight is 418 g/mol. The number of hydrogen-bond acceptors (Lipinski definition) is 3. The summed E-state index contributed by atoms with van der Waals surface area (Å²) in [5.41, 5.74) is 2.18. The van der Waals surface area contributed by atoms with Crippen molar-refractivity contribution in [3.8, 4) is 16.9 Å². The van der Waals surface area contributed by atoms with Gasteiger partial charge in [-0.15, -0.1) is 13.2 Å². The van der Waals surface area contributed by atoms with E-state index in [0.29, 0.717) is 6.54 Å². The predicted molar refractivity (Wildman–Crippen MR) is 102 cm³/mol. The highest BCUT2D eigenvalue weighted by Crippen LogP contribution is 2.29.